The van der Waals surface area contributed by atoms with Gasteiger partial charge in [-0.2, -0.15) is 0 Å². The lowest BCUT2D eigenvalue weighted by Gasteiger charge is -2.18. The largest absolute Gasteiger partial charge is 0.293 e. The van der Waals surface area contributed by atoms with Crippen molar-refractivity contribution in [2.24, 2.45) is 0 Å². The summed E-state index contributed by atoms with van der Waals surface area (Å²) in [5.41, 5.74) is 2.70. The van der Waals surface area contributed by atoms with Gasteiger partial charge in [0.1, 0.15) is 0 Å². The average Bonchev–Trinajstić information content (AvgIpc) is 2.88. The van der Waals surface area contributed by atoms with Gasteiger partial charge in [-0.3, -0.25) is 4.79 Å². The molecule has 0 aliphatic carbocycles. The van der Waals surface area contributed by atoms with Gasteiger partial charge in [-0.05, 0) is 35.1 Å². The summed E-state index contributed by atoms with van der Waals surface area (Å²) in [6.07, 6.45) is 1.55. The molecule has 1 heterocycles. The first-order valence-electron chi connectivity index (χ1n) is 7.16. The van der Waals surface area contributed by atoms with Crippen LogP contribution in [0.4, 0.5) is 0 Å². The predicted molar refractivity (Wildman–Crippen MR) is 87.7 cm³/mol. The molecule has 0 fully saturated rings. The summed E-state index contributed by atoms with van der Waals surface area (Å²) >= 11 is 1.60. The monoisotopic (exact) mass is 286 g/mol. The van der Waals surface area contributed by atoms with E-state index in [0.29, 0.717) is 6.42 Å². The minimum atomic E-state index is 0.177. The Morgan fingerprint density at radius 3 is 2.25 bits per heavy atom. The van der Waals surface area contributed by atoms with Crippen molar-refractivity contribution in [1.82, 2.24) is 0 Å². The van der Waals surface area contributed by atoms with Crippen LogP contribution in [0, 0.1) is 0 Å². The summed E-state index contributed by atoms with van der Waals surface area (Å²) in [5, 5.41) is 0. The average molecular weight is 286 g/mol. The number of carbonyl (C=O) groups is 1. The molecule has 0 atom stereocenters. The van der Waals surface area contributed by atoms with Gasteiger partial charge in [0.05, 0.1) is 4.88 Å². The second-order valence-electron chi connectivity index (χ2n) is 6.16. The highest BCUT2D eigenvalue weighted by atomic mass is 32.1. The molecule has 0 N–H and O–H groups in total. The molecule has 0 radical (unpaired) electrons. The lowest BCUT2D eigenvalue weighted by molar-refractivity contribution is 0.0985. The number of Topliss-reactive ketones (excluding diaryl/α,β-unsaturated/α-hetero) is 1. The summed E-state index contributed by atoms with van der Waals surface area (Å²) in [6.45, 7) is 8.69. The predicted octanol–water partition coefficient (Wildman–Crippen LogP) is 5.70. The maximum atomic E-state index is 11.9. The summed E-state index contributed by atoms with van der Waals surface area (Å²) in [6, 6.07) is 12.7. The minimum absolute atomic E-state index is 0.177. The lowest BCUT2D eigenvalue weighted by Crippen LogP contribution is -2.10. The number of benzene rings is 1. The SMILES string of the molecule is CCCC(=O)c1ccc(-c2ccc(C(C)(C)C)cc2)s1. The molecule has 0 unspecified atom stereocenters. The Hall–Kier alpha value is -1.41. The Morgan fingerprint density at radius 1 is 1.05 bits per heavy atom. The van der Waals surface area contributed by atoms with Gasteiger partial charge in [-0.1, -0.05) is 52.0 Å². The van der Waals surface area contributed by atoms with Crippen molar-refractivity contribution in [3.8, 4) is 10.4 Å². The first-order chi connectivity index (χ1) is 9.41. The van der Waals surface area contributed by atoms with Gasteiger partial charge in [0.25, 0.3) is 0 Å². The quantitative estimate of drug-likeness (QED) is 0.659. The molecule has 0 bridgehead atoms. The molecule has 1 nitrogen and oxygen atoms in total. The van der Waals surface area contributed by atoms with Crippen LogP contribution in [-0.2, 0) is 5.41 Å². The third-order valence-corrected chi connectivity index (χ3v) is 4.57. The molecule has 1 aromatic heterocycles. The zero-order valence-electron chi connectivity index (χ0n) is 12.7. The molecule has 20 heavy (non-hydrogen) atoms. The summed E-state index contributed by atoms with van der Waals surface area (Å²) in [7, 11) is 0. The summed E-state index contributed by atoms with van der Waals surface area (Å²) < 4.78 is 0. The molecule has 0 saturated heterocycles. The Kier molecular flexibility index (Phi) is 4.44. The fourth-order valence-electron chi connectivity index (χ4n) is 2.13. The molecule has 0 aliphatic rings. The normalized spacial score (nSPS) is 11.6. The number of hydrogen-bond donors (Lipinski definition) is 0. The van der Waals surface area contributed by atoms with Crippen LogP contribution in [0.5, 0.6) is 0 Å². The van der Waals surface area contributed by atoms with E-state index < -0.39 is 0 Å². The first-order valence-corrected chi connectivity index (χ1v) is 7.97. The van der Waals surface area contributed by atoms with Crippen molar-refractivity contribution in [1.29, 1.82) is 0 Å². The Balaban J connectivity index is 2.22. The molecule has 106 valence electrons. The van der Waals surface area contributed by atoms with Crippen molar-refractivity contribution < 1.29 is 4.79 Å². The van der Waals surface area contributed by atoms with Crippen molar-refractivity contribution in [2.75, 3.05) is 0 Å². The Bertz CT molecular complexity index is 585. The highest BCUT2D eigenvalue weighted by molar-refractivity contribution is 7.17. The van der Waals surface area contributed by atoms with Gasteiger partial charge in [0.15, 0.2) is 5.78 Å². The van der Waals surface area contributed by atoms with E-state index in [1.807, 2.05) is 13.0 Å². The van der Waals surface area contributed by atoms with Crippen LogP contribution >= 0.6 is 11.3 Å². The van der Waals surface area contributed by atoms with E-state index in [9.17, 15) is 4.79 Å². The van der Waals surface area contributed by atoms with Crippen molar-refractivity contribution >= 4 is 17.1 Å². The molecule has 0 spiro atoms. The van der Waals surface area contributed by atoms with Crippen molar-refractivity contribution in [3.63, 3.8) is 0 Å². The van der Waals surface area contributed by atoms with E-state index in [0.717, 1.165) is 11.3 Å². The van der Waals surface area contributed by atoms with E-state index in [4.69, 9.17) is 0 Å². The van der Waals surface area contributed by atoms with E-state index in [-0.39, 0.29) is 11.2 Å². The molecule has 0 saturated carbocycles. The molecular formula is C18H22OS. The zero-order chi connectivity index (χ0) is 14.8. The molecule has 2 heteroatoms. The smallest absolute Gasteiger partial charge is 0.172 e. The number of ketones is 1. The number of rotatable bonds is 4. The fourth-order valence-corrected chi connectivity index (χ4v) is 3.11. The van der Waals surface area contributed by atoms with Crippen LogP contribution in [0.1, 0.15) is 55.8 Å². The van der Waals surface area contributed by atoms with Gasteiger partial charge in [-0.25, -0.2) is 0 Å². The van der Waals surface area contributed by atoms with Crippen LogP contribution in [0.2, 0.25) is 0 Å². The zero-order valence-corrected chi connectivity index (χ0v) is 13.5. The Morgan fingerprint density at radius 2 is 1.70 bits per heavy atom. The van der Waals surface area contributed by atoms with Crippen LogP contribution < -0.4 is 0 Å². The summed E-state index contributed by atoms with van der Waals surface area (Å²) in [5.74, 6) is 0.259. The second kappa shape index (κ2) is 5.92. The minimum Gasteiger partial charge on any atom is -0.293 e. The van der Waals surface area contributed by atoms with Crippen molar-refractivity contribution in [3.05, 3.63) is 46.8 Å². The van der Waals surface area contributed by atoms with Gasteiger partial charge < -0.3 is 0 Å². The number of hydrogen-bond acceptors (Lipinski definition) is 2. The fraction of sp³-hybridized carbons (Fsp3) is 0.389. The number of carbonyl (C=O) groups excluding carboxylic acids is 1. The maximum absolute atomic E-state index is 11.9. The molecular weight excluding hydrogens is 264 g/mol. The highest BCUT2D eigenvalue weighted by Gasteiger charge is 2.14. The van der Waals surface area contributed by atoms with Gasteiger partial charge in [-0.15, -0.1) is 11.3 Å². The number of thiophene rings is 1. The van der Waals surface area contributed by atoms with Crippen molar-refractivity contribution in [2.45, 2.75) is 46.0 Å². The third kappa shape index (κ3) is 3.37. The molecule has 1 aromatic carbocycles. The van der Waals surface area contributed by atoms with Gasteiger partial charge in [0.2, 0.25) is 0 Å². The maximum Gasteiger partial charge on any atom is 0.172 e. The standard InChI is InChI=1S/C18H22OS/c1-5-6-15(19)17-12-11-16(20-17)13-7-9-14(10-8-13)18(2,3)4/h7-12H,5-6H2,1-4H3. The topological polar surface area (TPSA) is 17.1 Å². The van der Waals surface area contributed by atoms with Crippen LogP contribution in [0.15, 0.2) is 36.4 Å². The van der Waals surface area contributed by atoms with E-state index >= 15 is 0 Å². The molecule has 0 amide bonds. The second-order valence-corrected chi connectivity index (χ2v) is 7.25. The van der Waals surface area contributed by atoms with E-state index in [2.05, 4.69) is 51.1 Å². The lowest BCUT2D eigenvalue weighted by atomic mass is 9.86. The van der Waals surface area contributed by atoms with Crippen LogP contribution in [0.25, 0.3) is 10.4 Å². The van der Waals surface area contributed by atoms with E-state index in [1.54, 1.807) is 11.3 Å². The van der Waals surface area contributed by atoms with Crippen LogP contribution in [-0.4, -0.2) is 5.78 Å². The van der Waals surface area contributed by atoms with Crippen LogP contribution in [0.3, 0.4) is 0 Å². The van der Waals surface area contributed by atoms with E-state index in [1.165, 1.54) is 16.0 Å². The Labute approximate surface area is 125 Å². The van der Waals surface area contributed by atoms with Gasteiger partial charge in [0, 0.05) is 11.3 Å². The molecule has 0 aliphatic heterocycles. The van der Waals surface area contributed by atoms with Gasteiger partial charge >= 0.3 is 0 Å². The first kappa shape index (κ1) is 15.0. The summed E-state index contributed by atoms with van der Waals surface area (Å²) in [4.78, 5) is 13.9. The molecule has 2 rings (SSSR count). The highest BCUT2D eigenvalue weighted by Crippen LogP contribution is 2.31. The third-order valence-electron chi connectivity index (χ3n) is 3.39. The molecule has 2 aromatic rings.